The van der Waals surface area contributed by atoms with Gasteiger partial charge in [0.15, 0.2) is 5.82 Å². The Morgan fingerprint density at radius 3 is 2.34 bits per heavy atom. The van der Waals surface area contributed by atoms with Crippen LogP contribution in [0.4, 0.5) is 19.0 Å². The van der Waals surface area contributed by atoms with Gasteiger partial charge in [0.25, 0.3) is 0 Å². The third-order valence-corrected chi connectivity index (χ3v) is 6.13. The molecule has 3 aromatic carbocycles. The molecule has 0 unspecified atom stereocenters. The minimum atomic E-state index is -4.72. The van der Waals surface area contributed by atoms with Crippen molar-refractivity contribution in [2.75, 3.05) is 11.0 Å². The van der Waals surface area contributed by atoms with Crippen LogP contribution in [0, 0.1) is 11.3 Å². The van der Waals surface area contributed by atoms with Crippen LogP contribution in [-0.4, -0.2) is 30.7 Å². The molecule has 38 heavy (non-hydrogen) atoms. The summed E-state index contributed by atoms with van der Waals surface area (Å²) in [6, 6.07) is 15.7. The number of nitrogens with one attached hydrogen (secondary N) is 1. The average molecular weight is 541 g/mol. The number of halogens is 3. The van der Waals surface area contributed by atoms with E-state index in [9.17, 15) is 26.9 Å². The molecule has 5 rings (SSSR count). The van der Waals surface area contributed by atoms with Crippen molar-refractivity contribution >= 4 is 26.9 Å². The Kier molecular flexibility index (Phi) is 6.32. The molecular weight excluding hydrogens is 521 g/mol. The van der Waals surface area contributed by atoms with Gasteiger partial charge in [0.05, 0.1) is 35.2 Å². The Bertz CT molecular complexity index is 1680. The standard InChI is InChI=1S/C26H19F3N4O4S/c1-38(34,35)33-24-14-31-23-11-16(4-9-22(23)32-24)15-2-5-18(6-3-15)36-20-10-17(13-30)25(37-19-7-8-19)21(12-20)26(27,28)29/h2-6,9-12,14,19H,7-8H2,1H3,(H,32,33). The Morgan fingerprint density at radius 2 is 1.71 bits per heavy atom. The summed E-state index contributed by atoms with van der Waals surface area (Å²) in [7, 11) is -3.48. The number of sulfonamides is 1. The van der Waals surface area contributed by atoms with Crippen LogP contribution in [-0.2, 0) is 16.2 Å². The Balaban J connectivity index is 1.38. The molecule has 1 saturated carbocycles. The van der Waals surface area contributed by atoms with Gasteiger partial charge in [-0.05, 0) is 54.3 Å². The Labute approximate surface area is 215 Å². The molecule has 1 N–H and O–H groups in total. The van der Waals surface area contributed by atoms with Gasteiger partial charge in [-0.2, -0.15) is 18.4 Å². The second-order valence-electron chi connectivity index (χ2n) is 8.73. The SMILES string of the molecule is CS(=O)(=O)Nc1cnc2cc(-c3ccc(Oc4cc(C#N)c(OC5CC5)c(C(F)(F)F)c4)cc3)ccc2n1. The van der Waals surface area contributed by atoms with Gasteiger partial charge in [-0.3, -0.25) is 9.71 Å². The predicted octanol–water partition coefficient (Wildman–Crippen LogP) is 5.89. The van der Waals surface area contributed by atoms with E-state index < -0.39 is 27.5 Å². The summed E-state index contributed by atoms with van der Waals surface area (Å²) in [6.45, 7) is 0. The fraction of sp³-hybridized carbons (Fsp3) is 0.192. The van der Waals surface area contributed by atoms with Gasteiger partial charge in [0, 0.05) is 6.07 Å². The van der Waals surface area contributed by atoms with E-state index in [0.717, 1.165) is 23.4 Å². The molecule has 0 bridgehead atoms. The van der Waals surface area contributed by atoms with Crippen LogP contribution in [0.15, 0.2) is 60.8 Å². The first-order valence-electron chi connectivity index (χ1n) is 11.3. The number of rotatable bonds is 7. The van der Waals surface area contributed by atoms with Crippen LogP contribution in [0.2, 0.25) is 0 Å². The van der Waals surface area contributed by atoms with Gasteiger partial charge in [0.1, 0.15) is 28.9 Å². The highest BCUT2D eigenvalue weighted by Crippen LogP contribution is 2.43. The van der Waals surface area contributed by atoms with E-state index in [1.807, 2.05) is 0 Å². The van der Waals surface area contributed by atoms with Crippen LogP contribution in [0.5, 0.6) is 17.2 Å². The van der Waals surface area contributed by atoms with Crippen LogP contribution in [0.25, 0.3) is 22.2 Å². The van der Waals surface area contributed by atoms with Crippen molar-refractivity contribution < 1.29 is 31.1 Å². The first kappa shape index (κ1) is 25.3. The lowest BCUT2D eigenvalue weighted by molar-refractivity contribution is -0.139. The predicted molar refractivity (Wildman–Crippen MR) is 133 cm³/mol. The van der Waals surface area contributed by atoms with E-state index in [-0.39, 0.29) is 29.0 Å². The average Bonchev–Trinajstić information content (AvgIpc) is 3.67. The van der Waals surface area contributed by atoms with Gasteiger partial charge in [-0.25, -0.2) is 13.4 Å². The van der Waals surface area contributed by atoms with Gasteiger partial charge >= 0.3 is 6.18 Å². The van der Waals surface area contributed by atoms with E-state index in [1.165, 1.54) is 12.3 Å². The number of ether oxygens (including phenoxy) is 2. The lowest BCUT2D eigenvalue weighted by atomic mass is 10.0. The molecule has 4 aromatic rings. The number of benzene rings is 3. The number of hydrogen-bond donors (Lipinski definition) is 1. The minimum absolute atomic E-state index is 0.106. The smallest absolute Gasteiger partial charge is 0.420 e. The molecule has 0 atom stereocenters. The third kappa shape index (κ3) is 5.78. The molecule has 0 saturated heterocycles. The molecule has 0 aliphatic heterocycles. The zero-order valence-electron chi connectivity index (χ0n) is 19.8. The van der Waals surface area contributed by atoms with Crippen molar-refractivity contribution in [1.82, 2.24) is 9.97 Å². The quantitative estimate of drug-likeness (QED) is 0.311. The first-order valence-corrected chi connectivity index (χ1v) is 13.2. The highest BCUT2D eigenvalue weighted by atomic mass is 32.2. The number of anilines is 1. The van der Waals surface area contributed by atoms with Gasteiger partial charge in [0.2, 0.25) is 10.0 Å². The molecule has 1 aliphatic rings. The second kappa shape index (κ2) is 9.50. The molecule has 194 valence electrons. The topological polar surface area (TPSA) is 114 Å². The largest absolute Gasteiger partial charge is 0.488 e. The molecule has 8 nitrogen and oxygen atoms in total. The monoisotopic (exact) mass is 540 g/mol. The van der Waals surface area contributed by atoms with E-state index in [0.29, 0.717) is 23.9 Å². The molecule has 0 amide bonds. The van der Waals surface area contributed by atoms with Gasteiger partial charge in [-0.15, -0.1) is 0 Å². The zero-order valence-corrected chi connectivity index (χ0v) is 20.6. The van der Waals surface area contributed by atoms with Crippen molar-refractivity contribution in [3.8, 4) is 34.4 Å². The summed E-state index contributed by atoms with van der Waals surface area (Å²) in [5.41, 5.74) is 1.30. The van der Waals surface area contributed by atoms with Gasteiger partial charge < -0.3 is 9.47 Å². The van der Waals surface area contributed by atoms with Crippen molar-refractivity contribution in [3.05, 3.63) is 71.9 Å². The summed E-state index contributed by atoms with van der Waals surface area (Å²) in [5.74, 6) is -0.221. The Morgan fingerprint density at radius 1 is 1.00 bits per heavy atom. The van der Waals surface area contributed by atoms with Crippen LogP contribution < -0.4 is 14.2 Å². The van der Waals surface area contributed by atoms with E-state index in [1.54, 1.807) is 48.5 Å². The fourth-order valence-electron chi connectivity index (χ4n) is 3.72. The normalized spacial score (nSPS) is 13.7. The summed E-state index contributed by atoms with van der Waals surface area (Å²) in [5, 5.41) is 9.44. The third-order valence-electron chi connectivity index (χ3n) is 5.55. The molecule has 1 heterocycles. The Hall–Kier alpha value is -4.37. The first-order chi connectivity index (χ1) is 18.0. The summed E-state index contributed by atoms with van der Waals surface area (Å²) in [4.78, 5) is 8.49. The maximum Gasteiger partial charge on any atom is 0.420 e. The summed E-state index contributed by atoms with van der Waals surface area (Å²) in [6.07, 6.45) is -1.40. The maximum atomic E-state index is 13.7. The number of alkyl halides is 3. The van der Waals surface area contributed by atoms with Crippen LogP contribution in [0.3, 0.4) is 0 Å². The molecule has 0 radical (unpaired) electrons. The molecule has 1 aliphatic carbocycles. The van der Waals surface area contributed by atoms with Crippen LogP contribution in [0.1, 0.15) is 24.0 Å². The lowest BCUT2D eigenvalue weighted by Crippen LogP contribution is -2.11. The van der Waals surface area contributed by atoms with E-state index in [4.69, 9.17) is 9.47 Å². The second-order valence-corrected chi connectivity index (χ2v) is 10.5. The molecule has 0 spiro atoms. The highest BCUT2D eigenvalue weighted by molar-refractivity contribution is 7.92. The van der Waals surface area contributed by atoms with E-state index >= 15 is 0 Å². The van der Waals surface area contributed by atoms with Crippen LogP contribution >= 0.6 is 0 Å². The molecule has 1 aromatic heterocycles. The van der Waals surface area contributed by atoms with Crippen molar-refractivity contribution in [3.63, 3.8) is 0 Å². The number of nitriles is 1. The molecule has 12 heteroatoms. The molecular formula is C26H19F3N4O4S. The fourth-order valence-corrected chi connectivity index (χ4v) is 4.19. The summed E-state index contributed by atoms with van der Waals surface area (Å²) >= 11 is 0. The maximum absolute atomic E-state index is 13.7. The van der Waals surface area contributed by atoms with Crippen molar-refractivity contribution in [2.45, 2.75) is 25.1 Å². The van der Waals surface area contributed by atoms with Crippen molar-refractivity contribution in [2.24, 2.45) is 0 Å². The number of nitrogens with zero attached hydrogens (tertiary/aromatic N) is 3. The number of aromatic nitrogens is 2. The minimum Gasteiger partial charge on any atom is -0.488 e. The lowest BCUT2D eigenvalue weighted by Gasteiger charge is -2.17. The number of fused-ring (bicyclic) bond motifs is 1. The number of hydrogen-bond acceptors (Lipinski definition) is 7. The molecule has 1 fully saturated rings. The van der Waals surface area contributed by atoms with Crippen molar-refractivity contribution in [1.29, 1.82) is 5.26 Å². The summed E-state index contributed by atoms with van der Waals surface area (Å²) < 4.78 is 77.3. The highest BCUT2D eigenvalue weighted by Gasteiger charge is 2.38. The van der Waals surface area contributed by atoms with E-state index in [2.05, 4.69) is 14.7 Å². The zero-order chi connectivity index (χ0) is 27.1. The van der Waals surface area contributed by atoms with Gasteiger partial charge in [-0.1, -0.05) is 18.2 Å².